The minimum atomic E-state index is -0.107. The smallest absolute Gasteiger partial charge is 0.253 e. The molecule has 0 radical (unpaired) electrons. The van der Waals surface area contributed by atoms with Gasteiger partial charge in [-0.3, -0.25) is 4.79 Å². The van der Waals surface area contributed by atoms with Crippen molar-refractivity contribution >= 4 is 27.7 Å². The van der Waals surface area contributed by atoms with E-state index in [1.807, 2.05) is 61.5 Å². The number of fused-ring (bicyclic) bond motifs is 2. The fraction of sp³-hybridized carbons (Fsp3) is 0.263. The highest BCUT2D eigenvalue weighted by molar-refractivity contribution is 6.08. The highest BCUT2D eigenvalue weighted by Gasteiger charge is 2.13. The highest BCUT2D eigenvalue weighted by atomic mass is 16.5. The molecular weight excluding hydrogens is 302 g/mol. The second-order valence-electron chi connectivity index (χ2n) is 5.96. The van der Waals surface area contributed by atoms with Gasteiger partial charge in [0.1, 0.15) is 11.3 Å². The van der Waals surface area contributed by atoms with Crippen LogP contribution in [-0.4, -0.2) is 50.1 Å². The number of hydrogen-bond donors (Lipinski definition) is 1. The second-order valence-corrected chi connectivity index (χ2v) is 5.96. The predicted molar refractivity (Wildman–Crippen MR) is 96.7 cm³/mol. The van der Waals surface area contributed by atoms with E-state index in [2.05, 4.69) is 5.32 Å². The fourth-order valence-electron chi connectivity index (χ4n) is 2.69. The van der Waals surface area contributed by atoms with Crippen LogP contribution in [0.5, 0.6) is 5.75 Å². The first-order valence-electron chi connectivity index (χ1n) is 7.89. The minimum absolute atomic E-state index is 0.107. The number of aromatic nitrogens is 1. The lowest BCUT2D eigenvalue weighted by Crippen LogP contribution is -2.31. The van der Waals surface area contributed by atoms with Crippen LogP contribution in [0.15, 0.2) is 42.5 Å². The van der Waals surface area contributed by atoms with Crippen LogP contribution in [-0.2, 0) is 0 Å². The molecule has 2 aromatic carbocycles. The average Bonchev–Trinajstić information content (AvgIpc) is 2.58. The number of para-hydroxylation sites is 2. The summed E-state index contributed by atoms with van der Waals surface area (Å²) in [5.41, 5.74) is 2.04. The van der Waals surface area contributed by atoms with Crippen molar-refractivity contribution in [3.8, 4) is 5.75 Å². The van der Waals surface area contributed by atoms with Crippen molar-refractivity contribution in [2.24, 2.45) is 0 Å². The molecule has 0 unspecified atom stereocenters. The maximum atomic E-state index is 12.5. The predicted octanol–water partition coefficient (Wildman–Crippen LogP) is 2.69. The van der Waals surface area contributed by atoms with Crippen molar-refractivity contribution in [2.75, 3.05) is 34.3 Å². The number of nitrogens with zero attached hydrogens (tertiary/aromatic N) is 2. The fourth-order valence-corrected chi connectivity index (χ4v) is 2.69. The third-order valence-electron chi connectivity index (χ3n) is 3.94. The lowest BCUT2D eigenvalue weighted by atomic mass is 10.1. The van der Waals surface area contributed by atoms with E-state index in [1.165, 1.54) is 0 Å². The van der Waals surface area contributed by atoms with E-state index in [0.717, 1.165) is 22.8 Å². The molecule has 0 spiro atoms. The number of carbonyl (C=O) groups is 1. The molecule has 0 aliphatic heterocycles. The maximum absolute atomic E-state index is 12.5. The second kappa shape index (κ2) is 6.84. The quantitative estimate of drug-likeness (QED) is 0.734. The Bertz CT molecular complexity index is 890. The van der Waals surface area contributed by atoms with Crippen molar-refractivity contribution < 1.29 is 9.53 Å². The van der Waals surface area contributed by atoms with Crippen LogP contribution in [0.25, 0.3) is 21.8 Å². The van der Waals surface area contributed by atoms with Crippen molar-refractivity contribution in [3.63, 3.8) is 0 Å². The van der Waals surface area contributed by atoms with E-state index in [0.29, 0.717) is 23.4 Å². The molecule has 1 heterocycles. The first-order chi connectivity index (χ1) is 11.6. The molecule has 0 saturated heterocycles. The summed E-state index contributed by atoms with van der Waals surface area (Å²) >= 11 is 0. The monoisotopic (exact) mass is 323 g/mol. The van der Waals surface area contributed by atoms with Crippen LogP contribution < -0.4 is 10.1 Å². The summed E-state index contributed by atoms with van der Waals surface area (Å²) in [7, 11) is 5.58. The third-order valence-corrected chi connectivity index (χ3v) is 3.94. The summed E-state index contributed by atoms with van der Waals surface area (Å²) in [4.78, 5) is 19.3. The van der Waals surface area contributed by atoms with Gasteiger partial charge in [0.2, 0.25) is 0 Å². The Morgan fingerprint density at radius 1 is 1.12 bits per heavy atom. The van der Waals surface area contributed by atoms with Gasteiger partial charge in [-0.25, -0.2) is 4.98 Å². The summed E-state index contributed by atoms with van der Waals surface area (Å²) in [6, 6.07) is 13.5. The number of benzene rings is 2. The molecule has 24 heavy (non-hydrogen) atoms. The van der Waals surface area contributed by atoms with Crippen molar-refractivity contribution in [1.82, 2.24) is 15.2 Å². The van der Waals surface area contributed by atoms with Gasteiger partial charge in [0.15, 0.2) is 0 Å². The Kier molecular flexibility index (Phi) is 4.62. The first kappa shape index (κ1) is 16.2. The molecule has 1 aromatic heterocycles. The van der Waals surface area contributed by atoms with E-state index >= 15 is 0 Å². The zero-order valence-electron chi connectivity index (χ0n) is 14.2. The van der Waals surface area contributed by atoms with Gasteiger partial charge in [0, 0.05) is 23.9 Å². The molecule has 0 aliphatic carbocycles. The maximum Gasteiger partial charge on any atom is 0.253 e. The molecule has 0 bridgehead atoms. The summed E-state index contributed by atoms with van der Waals surface area (Å²) in [6.45, 7) is 1.39. The zero-order valence-corrected chi connectivity index (χ0v) is 14.2. The Labute approximate surface area is 141 Å². The average molecular weight is 323 g/mol. The normalized spacial score (nSPS) is 11.2. The lowest BCUT2D eigenvalue weighted by molar-refractivity contribution is 0.0952. The van der Waals surface area contributed by atoms with E-state index in [1.54, 1.807) is 7.11 Å². The highest BCUT2D eigenvalue weighted by Crippen LogP contribution is 2.28. The largest absolute Gasteiger partial charge is 0.494 e. The van der Waals surface area contributed by atoms with Gasteiger partial charge in [-0.15, -0.1) is 0 Å². The Morgan fingerprint density at radius 2 is 1.83 bits per heavy atom. The number of amides is 1. The van der Waals surface area contributed by atoms with Gasteiger partial charge >= 0.3 is 0 Å². The van der Waals surface area contributed by atoms with Crippen LogP contribution in [0.4, 0.5) is 0 Å². The topological polar surface area (TPSA) is 54.5 Å². The van der Waals surface area contributed by atoms with Crippen molar-refractivity contribution in [1.29, 1.82) is 0 Å². The van der Waals surface area contributed by atoms with Gasteiger partial charge in [0.05, 0.1) is 18.2 Å². The summed E-state index contributed by atoms with van der Waals surface area (Å²) in [6.07, 6.45) is 0. The molecule has 5 heteroatoms. The van der Waals surface area contributed by atoms with E-state index in [4.69, 9.17) is 9.72 Å². The number of pyridine rings is 1. The standard InChI is InChI=1S/C19H21N3O2/c1-22(2)11-10-20-19(23)15-8-4-6-13-12-14-7-5-9-16(24-3)18(14)21-17(13)15/h4-9,12H,10-11H2,1-3H3,(H,20,23). The van der Waals surface area contributed by atoms with Crippen molar-refractivity contribution in [3.05, 3.63) is 48.0 Å². The summed E-state index contributed by atoms with van der Waals surface area (Å²) in [5, 5.41) is 4.88. The lowest BCUT2D eigenvalue weighted by Gasteiger charge is -2.12. The number of methoxy groups -OCH3 is 1. The molecule has 5 nitrogen and oxygen atoms in total. The molecular formula is C19H21N3O2. The first-order valence-corrected chi connectivity index (χ1v) is 7.89. The Hall–Kier alpha value is -2.66. The number of carbonyl (C=O) groups excluding carboxylic acids is 1. The van der Waals surface area contributed by atoms with Gasteiger partial charge in [-0.2, -0.15) is 0 Å². The number of nitrogens with one attached hydrogen (secondary N) is 1. The van der Waals surface area contributed by atoms with Crippen LogP contribution in [0.2, 0.25) is 0 Å². The number of likely N-dealkylation sites (N-methyl/N-ethyl adjacent to an activating group) is 1. The van der Waals surface area contributed by atoms with Crippen molar-refractivity contribution in [2.45, 2.75) is 0 Å². The summed E-state index contributed by atoms with van der Waals surface area (Å²) < 4.78 is 5.40. The molecule has 124 valence electrons. The van der Waals surface area contributed by atoms with Gasteiger partial charge in [-0.05, 0) is 32.3 Å². The zero-order chi connectivity index (χ0) is 17.1. The number of hydrogen-bond acceptors (Lipinski definition) is 4. The van der Waals surface area contributed by atoms with Gasteiger partial charge in [-0.1, -0.05) is 24.3 Å². The van der Waals surface area contributed by atoms with E-state index in [-0.39, 0.29) is 5.91 Å². The molecule has 1 amide bonds. The SMILES string of the molecule is COc1cccc2cc3cccc(C(=O)NCCN(C)C)c3nc12. The van der Waals surface area contributed by atoms with Crippen LogP contribution in [0.1, 0.15) is 10.4 Å². The Morgan fingerprint density at radius 3 is 2.54 bits per heavy atom. The molecule has 0 aliphatic rings. The number of rotatable bonds is 5. The summed E-state index contributed by atoms with van der Waals surface area (Å²) in [5.74, 6) is 0.599. The molecule has 3 rings (SSSR count). The number of ether oxygens (including phenoxy) is 1. The minimum Gasteiger partial charge on any atom is -0.494 e. The molecule has 0 atom stereocenters. The van der Waals surface area contributed by atoms with E-state index in [9.17, 15) is 4.79 Å². The van der Waals surface area contributed by atoms with Crippen LogP contribution in [0, 0.1) is 0 Å². The van der Waals surface area contributed by atoms with Crippen LogP contribution >= 0.6 is 0 Å². The van der Waals surface area contributed by atoms with Crippen LogP contribution in [0.3, 0.4) is 0 Å². The molecule has 3 aromatic rings. The molecule has 0 saturated carbocycles. The molecule has 0 fully saturated rings. The third kappa shape index (κ3) is 3.16. The Balaban J connectivity index is 2.05. The molecule has 1 N–H and O–H groups in total. The van der Waals surface area contributed by atoms with E-state index < -0.39 is 0 Å². The van der Waals surface area contributed by atoms with Gasteiger partial charge in [0.25, 0.3) is 5.91 Å². The van der Waals surface area contributed by atoms with Gasteiger partial charge < -0.3 is 15.0 Å².